The van der Waals surface area contributed by atoms with Gasteiger partial charge < -0.3 is 0 Å². The van der Waals surface area contributed by atoms with Crippen LogP contribution in [-0.2, 0) is 0 Å². The normalized spacial score (nSPS) is 30.7. The number of alkyl halides is 1. The highest BCUT2D eigenvalue weighted by Crippen LogP contribution is 2.29. The summed E-state index contributed by atoms with van der Waals surface area (Å²) in [5.74, 6) is 0.214. The molecule has 0 aromatic carbocycles. The fourth-order valence-corrected chi connectivity index (χ4v) is 1.34. The zero-order valence-electron chi connectivity index (χ0n) is 7.86. The molecule has 1 fully saturated rings. The Hall–Kier alpha value is -0.330. The molecule has 1 heteroatoms. The Bertz CT molecular complexity index is 118. The molecule has 0 bridgehead atoms. The number of hydrogen-bond donors (Lipinski definition) is 0. The first-order valence-electron chi connectivity index (χ1n) is 4.53. The zero-order chi connectivity index (χ0) is 8.85. The van der Waals surface area contributed by atoms with Gasteiger partial charge in [0.1, 0.15) is 6.17 Å². The molecule has 0 aliphatic heterocycles. The maximum absolute atomic E-state index is 12.9. The summed E-state index contributed by atoms with van der Waals surface area (Å²) in [4.78, 5) is 0. The summed E-state index contributed by atoms with van der Waals surface area (Å²) >= 11 is 0. The lowest BCUT2D eigenvalue weighted by Crippen LogP contribution is -2.19. The van der Waals surface area contributed by atoms with Crippen LogP contribution >= 0.6 is 0 Å². The number of halogens is 1. The first-order valence-corrected chi connectivity index (χ1v) is 4.53. The highest BCUT2D eigenvalue weighted by molar-refractivity contribution is 5.06. The second-order valence-electron chi connectivity index (χ2n) is 2.93. The third-order valence-electron chi connectivity index (χ3n) is 2.05. The van der Waals surface area contributed by atoms with E-state index in [1.807, 2.05) is 20.8 Å². The maximum Gasteiger partial charge on any atom is 0.123 e. The molecule has 11 heavy (non-hydrogen) atoms. The van der Waals surface area contributed by atoms with Crippen molar-refractivity contribution in [2.24, 2.45) is 5.92 Å². The molecule has 0 spiro atoms. The van der Waals surface area contributed by atoms with Crippen LogP contribution in [0.4, 0.5) is 4.39 Å². The Morgan fingerprint density at radius 2 is 2.00 bits per heavy atom. The van der Waals surface area contributed by atoms with Gasteiger partial charge in [0, 0.05) is 0 Å². The van der Waals surface area contributed by atoms with Crippen LogP contribution in [0.25, 0.3) is 0 Å². The van der Waals surface area contributed by atoms with Crippen molar-refractivity contribution in [1.82, 2.24) is 0 Å². The van der Waals surface area contributed by atoms with Gasteiger partial charge >= 0.3 is 0 Å². The van der Waals surface area contributed by atoms with Gasteiger partial charge in [-0.25, -0.2) is 4.39 Å². The smallest absolute Gasteiger partial charge is 0.123 e. The van der Waals surface area contributed by atoms with Crippen molar-refractivity contribution in [2.45, 2.75) is 46.2 Å². The monoisotopic (exact) mass is 158 g/mol. The van der Waals surface area contributed by atoms with Gasteiger partial charge in [-0.2, -0.15) is 0 Å². The van der Waals surface area contributed by atoms with E-state index in [1.165, 1.54) is 0 Å². The molecule has 0 amide bonds. The Labute approximate surface area is 69.5 Å². The lowest BCUT2D eigenvalue weighted by Gasteiger charge is -2.23. The number of hydrogen-bond acceptors (Lipinski definition) is 0. The highest BCUT2D eigenvalue weighted by atomic mass is 19.1. The van der Waals surface area contributed by atoms with Gasteiger partial charge in [-0.1, -0.05) is 27.4 Å². The molecule has 0 N–H and O–H groups in total. The van der Waals surface area contributed by atoms with Crippen LogP contribution in [0.5, 0.6) is 0 Å². The molecule has 1 rings (SSSR count). The summed E-state index contributed by atoms with van der Waals surface area (Å²) in [6.45, 7) is 9.62. The quantitative estimate of drug-likeness (QED) is 0.471. The predicted octanol–water partition coefficient (Wildman–Crippen LogP) is 3.73. The maximum atomic E-state index is 12.9. The fourth-order valence-electron chi connectivity index (χ4n) is 1.34. The lowest BCUT2D eigenvalue weighted by atomic mass is 9.86. The molecule has 0 heterocycles. The van der Waals surface area contributed by atoms with Crippen LogP contribution in [0.1, 0.15) is 40.0 Å². The summed E-state index contributed by atoms with van der Waals surface area (Å²) in [5, 5.41) is 0. The molecule has 66 valence electrons. The summed E-state index contributed by atoms with van der Waals surface area (Å²) < 4.78 is 12.9. The molecule has 0 nitrogen and oxygen atoms in total. The van der Waals surface area contributed by atoms with Crippen LogP contribution in [0.15, 0.2) is 12.2 Å². The highest BCUT2D eigenvalue weighted by Gasteiger charge is 2.23. The van der Waals surface area contributed by atoms with Crippen molar-refractivity contribution in [2.75, 3.05) is 0 Å². The minimum absolute atomic E-state index is 0.214. The summed E-state index contributed by atoms with van der Waals surface area (Å²) in [5.41, 5.74) is 0.800. The van der Waals surface area contributed by atoms with Crippen LogP contribution in [0, 0.1) is 5.92 Å². The van der Waals surface area contributed by atoms with E-state index in [0.29, 0.717) is 0 Å². The molecule has 2 unspecified atom stereocenters. The van der Waals surface area contributed by atoms with E-state index >= 15 is 0 Å². The summed E-state index contributed by atoms with van der Waals surface area (Å²) in [6.07, 6.45) is 2.32. The standard InChI is InChI=1S/C8H13F.C2H6/c1-6-4-3-5-7(2)8(6)9;1-2/h7-8H,1,3-5H2,2H3;1-2H3. The summed E-state index contributed by atoms with van der Waals surface area (Å²) in [6, 6.07) is 0. The molecular formula is C10H19F. The van der Waals surface area contributed by atoms with Crippen molar-refractivity contribution in [3.63, 3.8) is 0 Å². The van der Waals surface area contributed by atoms with Crippen LogP contribution in [-0.4, -0.2) is 6.17 Å². The van der Waals surface area contributed by atoms with Crippen molar-refractivity contribution < 1.29 is 4.39 Å². The molecule has 0 aromatic rings. The predicted molar refractivity (Wildman–Crippen MR) is 48.4 cm³/mol. The van der Waals surface area contributed by atoms with Gasteiger partial charge in [0.05, 0.1) is 0 Å². The van der Waals surface area contributed by atoms with E-state index in [1.54, 1.807) is 0 Å². The Morgan fingerprint density at radius 3 is 2.36 bits per heavy atom. The second kappa shape index (κ2) is 5.34. The van der Waals surface area contributed by atoms with Gasteiger partial charge in [-0.3, -0.25) is 0 Å². The van der Waals surface area contributed by atoms with Crippen molar-refractivity contribution in [3.05, 3.63) is 12.2 Å². The zero-order valence-corrected chi connectivity index (χ0v) is 7.86. The van der Waals surface area contributed by atoms with E-state index in [0.717, 1.165) is 24.8 Å². The first-order chi connectivity index (χ1) is 5.22. The molecule has 0 saturated heterocycles. The number of allylic oxidation sites excluding steroid dienone is 1. The van der Waals surface area contributed by atoms with E-state index in [-0.39, 0.29) is 5.92 Å². The van der Waals surface area contributed by atoms with Crippen molar-refractivity contribution in [3.8, 4) is 0 Å². The Balaban J connectivity index is 0.000000461. The minimum atomic E-state index is -0.723. The van der Waals surface area contributed by atoms with Crippen LogP contribution in [0.2, 0.25) is 0 Å². The van der Waals surface area contributed by atoms with Gasteiger partial charge in [0.2, 0.25) is 0 Å². The minimum Gasteiger partial charge on any atom is -0.242 e. The third-order valence-corrected chi connectivity index (χ3v) is 2.05. The summed E-state index contributed by atoms with van der Waals surface area (Å²) in [7, 11) is 0. The molecule has 1 aliphatic rings. The van der Waals surface area contributed by atoms with E-state index < -0.39 is 6.17 Å². The van der Waals surface area contributed by atoms with E-state index in [4.69, 9.17) is 0 Å². The van der Waals surface area contributed by atoms with Gasteiger partial charge in [-0.15, -0.1) is 0 Å². The Morgan fingerprint density at radius 1 is 1.45 bits per heavy atom. The molecule has 0 aromatic heterocycles. The second-order valence-corrected chi connectivity index (χ2v) is 2.93. The van der Waals surface area contributed by atoms with Gasteiger partial charge in [-0.05, 0) is 30.8 Å². The van der Waals surface area contributed by atoms with Gasteiger partial charge in [0.15, 0.2) is 0 Å². The van der Waals surface area contributed by atoms with E-state index in [2.05, 4.69) is 6.58 Å². The first kappa shape index (κ1) is 10.7. The molecule has 0 radical (unpaired) electrons. The van der Waals surface area contributed by atoms with Crippen molar-refractivity contribution >= 4 is 0 Å². The fraction of sp³-hybridized carbons (Fsp3) is 0.800. The lowest BCUT2D eigenvalue weighted by molar-refractivity contribution is 0.237. The van der Waals surface area contributed by atoms with Gasteiger partial charge in [0.25, 0.3) is 0 Å². The molecule has 2 atom stereocenters. The van der Waals surface area contributed by atoms with Crippen LogP contribution < -0.4 is 0 Å². The molecule has 1 aliphatic carbocycles. The Kier molecular flexibility index (Phi) is 5.18. The topological polar surface area (TPSA) is 0 Å². The number of rotatable bonds is 0. The largest absolute Gasteiger partial charge is 0.242 e. The average Bonchev–Trinajstić information content (AvgIpc) is 2.04. The van der Waals surface area contributed by atoms with E-state index in [9.17, 15) is 4.39 Å². The molecule has 1 saturated carbocycles. The average molecular weight is 158 g/mol. The van der Waals surface area contributed by atoms with Crippen LogP contribution in [0.3, 0.4) is 0 Å². The van der Waals surface area contributed by atoms with Crippen molar-refractivity contribution in [1.29, 1.82) is 0 Å². The third kappa shape index (κ3) is 3.04. The molecular weight excluding hydrogens is 139 g/mol. The SMILES string of the molecule is C=C1CCCC(C)C1F.CC.